The van der Waals surface area contributed by atoms with Gasteiger partial charge in [-0.25, -0.2) is 0 Å². The number of carbonyl (C=O) groups excluding carboxylic acids is 1. The summed E-state index contributed by atoms with van der Waals surface area (Å²) in [5.41, 5.74) is 1.25. The third-order valence-corrected chi connectivity index (χ3v) is 4.94. The van der Waals surface area contributed by atoms with Crippen LogP contribution in [-0.4, -0.2) is 38.5 Å². The number of hydrogen-bond donors (Lipinski definition) is 1. The van der Waals surface area contributed by atoms with Gasteiger partial charge in [-0.05, 0) is 49.2 Å². The Hall–Kier alpha value is -4.71. The summed E-state index contributed by atoms with van der Waals surface area (Å²) in [6, 6.07) is 14.3. The fourth-order valence-electron chi connectivity index (χ4n) is 3.35. The number of rotatable bonds is 12. The van der Waals surface area contributed by atoms with E-state index in [1.807, 2.05) is 36.4 Å². The summed E-state index contributed by atoms with van der Waals surface area (Å²) in [5.74, 6) is 2.38. The van der Waals surface area contributed by atoms with Crippen LogP contribution in [0.4, 0.5) is 5.82 Å². The summed E-state index contributed by atoms with van der Waals surface area (Å²) < 4.78 is 27.6. The highest BCUT2D eigenvalue weighted by molar-refractivity contribution is 6.09. The molecule has 1 aromatic heterocycles. The van der Waals surface area contributed by atoms with E-state index in [4.69, 9.17) is 23.5 Å². The van der Waals surface area contributed by atoms with Crippen LogP contribution >= 0.6 is 0 Å². The molecule has 0 fully saturated rings. The van der Waals surface area contributed by atoms with Crippen molar-refractivity contribution in [2.45, 2.75) is 13.3 Å². The number of benzene rings is 2. The lowest BCUT2D eigenvalue weighted by Crippen LogP contribution is -2.13. The van der Waals surface area contributed by atoms with Crippen molar-refractivity contribution in [3.8, 4) is 29.1 Å². The van der Waals surface area contributed by atoms with Gasteiger partial charge < -0.3 is 28.8 Å². The minimum absolute atomic E-state index is 0.110. The highest BCUT2D eigenvalue weighted by Crippen LogP contribution is 2.34. The number of para-hydroxylation sites is 2. The summed E-state index contributed by atoms with van der Waals surface area (Å²) in [7, 11) is 3.10. The molecule has 0 atom stereocenters. The predicted molar refractivity (Wildman–Crippen MR) is 134 cm³/mol. The molecule has 0 aliphatic rings. The van der Waals surface area contributed by atoms with Crippen LogP contribution in [0.3, 0.4) is 0 Å². The molecule has 0 saturated carbocycles. The van der Waals surface area contributed by atoms with Gasteiger partial charge in [0.05, 0.1) is 14.2 Å². The number of allylic oxidation sites excluding steroid dienone is 1. The lowest BCUT2D eigenvalue weighted by molar-refractivity contribution is -0.112. The van der Waals surface area contributed by atoms with Crippen molar-refractivity contribution in [3.05, 3.63) is 77.6 Å². The number of ether oxygens (including phenoxy) is 4. The van der Waals surface area contributed by atoms with Gasteiger partial charge in [0, 0.05) is 11.6 Å². The Bertz CT molecular complexity index is 1290. The normalized spacial score (nSPS) is 10.8. The van der Waals surface area contributed by atoms with Gasteiger partial charge in [0.2, 0.25) is 0 Å². The van der Waals surface area contributed by atoms with E-state index in [-0.39, 0.29) is 24.6 Å². The maximum Gasteiger partial charge on any atom is 0.267 e. The van der Waals surface area contributed by atoms with E-state index in [9.17, 15) is 10.1 Å². The summed E-state index contributed by atoms with van der Waals surface area (Å²) >= 11 is 0. The first-order chi connectivity index (χ1) is 17.5. The Morgan fingerprint density at radius 2 is 1.83 bits per heavy atom. The molecule has 1 amide bonds. The van der Waals surface area contributed by atoms with E-state index in [0.29, 0.717) is 40.7 Å². The lowest BCUT2D eigenvalue weighted by Gasteiger charge is -2.16. The molecule has 1 heterocycles. The van der Waals surface area contributed by atoms with E-state index < -0.39 is 5.91 Å². The zero-order valence-corrected chi connectivity index (χ0v) is 20.4. The average Bonchev–Trinajstić information content (AvgIpc) is 3.30. The van der Waals surface area contributed by atoms with Gasteiger partial charge in [0.15, 0.2) is 28.8 Å². The SMILES string of the molecule is C=CCc1cc(/C=C(/C#N)C(=O)Nc2cc(C)on2)cc(OC)c1OCCOc1ccccc1OC. The molecule has 3 aromatic rings. The van der Waals surface area contributed by atoms with Crippen LogP contribution in [0.2, 0.25) is 0 Å². The van der Waals surface area contributed by atoms with Crippen molar-refractivity contribution in [3.63, 3.8) is 0 Å². The minimum Gasteiger partial charge on any atom is -0.493 e. The van der Waals surface area contributed by atoms with Crippen LogP contribution < -0.4 is 24.3 Å². The topological polar surface area (TPSA) is 116 Å². The van der Waals surface area contributed by atoms with Gasteiger partial charge in [0.25, 0.3) is 5.91 Å². The summed E-state index contributed by atoms with van der Waals surface area (Å²) in [5, 5.41) is 15.8. The molecule has 1 N–H and O–H groups in total. The quantitative estimate of drug-likeness (QED) is 0.168. The first-order valence-electron chi connectivity index (χ1n) is 11.1. The Kier molecular flexibility index (Phi) is 9.12. The highest BCUT2D eigenvalue weighted by Gasteiger charge is 2.16. The number of methoxy groups -OCH3 is 2. The number of aromatic nitrogens is 1. The van der Waals surface area contributed by atoms with Gasteiger partial charge in [-0.1, -0.05) is 23.4 Å². The number of carbonyl (C=O) groups is 1. The van der Waals surface area contributed by atoms with Gasteiger partial charge >= 0.3 is 0 Å². The maximum atomic E-state index is 12.5. The fourth-order valence-corrected chi connectivity index (χ4v) is 3.35. The van der Waals surface area contributed by atoms with Crippen molar-refractivity contribution in [2.24, 2.45) is 0 Å². The molecule has 3 rings (SSSR count). The highest BCUT2D eigenvalue weighted by atomic mass is 16.5. The molecule has 0 unspecified atom stereocenters. The second kappa shape index (κ2) is 12.7. The van der Waals surface area contributed by atoms with E-state index in [0.717, 1.165) is 5.56 Å². The molecule has 0 aliphatic heterocycles. The van der Waals surface area contributed by atoms with Crippen LogP contribution in [0, 0.1) is 18.3 Å². The first kappa shape index (κ1) is 25.9. The number of nitriles is 1. The van der Waals surface area contributed by atoms with Crippen molar-refractivity contribution < 1.29 is 28.3 Å². The van der Waals surface area contributed by atoms with Gasteiger partial charge in [0.1, 0.15) is 30.6 Å². The third-order valence-electron chi connectivity index (χ3n) is 4.94. The Morgan fingerprint density at radius 1 is 1.11 bits per heavy atom. The van der Waals surface area contributed by atoms with Crippen LogP contribution in [0.5, 0.6) is 23.0 Å². The van der Waals surface area contributed by atoms with Gasteiger partial charge in [-0.15, -0.1) is 6.58 Å². The molecule has 0 spiro atoms. The minimum atomic E-state index is -0.608. The monoisotopic (exact) mass is 489 g/mol. The second-order valence-corrected chi connectivity index (χ2v) is 7.50. The van der Waals surface area contributed by atoms with Crippen LogP contribution in [-0.2, 0) is 11.2 Å². The zero-order chi connectivity index (χ0) is 25.9. The van der Waals surface area contributed by atoms with Crippen LogP contribution in [0.1, 0.15) is 16.9 Å². The molecule has 2 aromatic carbocycles. The maximum absolute atomic E-state index is 12.5. The molecule has 0 radical (unpaired) electrons. The number of aryl methyl sites for hydroxylation is 1. The first-order valence-corrected chi connectivity index (χ1v) is 11.1. The molecule has 36 heavy (non-hydrogen) atoms. The third kappa shape index (κ3) is 6.67. The van der Waals surface area contributed by atoms with Crippen LogP contribution in [0.25, 0.3) is 6.08 Å². The van der Waals surface area contributed by atoms with Gasteiger partial charge in [-0.3, -0.25) is 4.79 Å². The molecular formula is C27H27N3O6. The standard InChI is InChI=1S/C27H27N3O6/c1-5-8-20-14-19(15-21(17-28)27(31)29-25-13-18(2)36-30-25)16-24(33-4)26(20)35-12-11-34-23-10-7-6-9-22(23)32-3/h5-7,9-10,13-16H,1,8,11-12H2,2-4H3,(H,29,30,31)/b21-15-. The predicted octanol–water partition coefficient (Wildman–Crippen LogP) is 4.73. The number of amides is 1. The van der Waals surface area contributed by atoms with Crippen molar-refractivity contribution in [2.75, 3.05) is 32.8 Å². The smallest absolute Gasteiger partial charge is 0.267 e. The van der Waals surface area contributed by atoms with E-state index in [1.165, 1.54) is 13.2 Å². The molecule has 0 bridgehead atoms. The van der Waals surface area contributed by atoms with Crippen molar-refractivity contribution in [1.82, 2.24) is 5.16 Å². The molecule has 0 saturated heterocycles. The van der Waals surface area contributed by atoms with Crippen molar-refractivity contribution in [1.29, 1.82) is 5.26 Å². The second-order valence-electron chi connectivity index (χ2n) is 7.50. The zero-order valence-electron chi connectivity index (χ0n) is 20.4. The number of nitrogens with one attached hydrogen (secondary N) is 1. The summed E-state index contributed by atoms with van der Waals surface area (Å²) in [4.78, 5) is 12.5. The van der Waals surface area contributed by atoms with E-state index in [1.54, 1.807) is 32.2 Å². The molecule has 9 nitrogen and oxygen atoms in total. The van der Waals surface area contributed by atoms with Crippen molar-refractivity contribution >= 4 is 17.8 Å². The summed E-state index contributed by atoms with van der Waals surface area (Å²) in [6.07, 6.45) is 3.67. The molecule has 186 valence electrons. The summed E-state index contributed by atoms with van der Waals surface area (Å²) in [6.45, 7) is 6.03. The number of hydrogen-bond acceptors (Lipinski definition) is 8. The Morgan fingerprint density at radius 3 is 2.47 bits per heavy atom. The number of anilines is 1. The van der Waals surface area contributed by atoms with E-state index >= 15 is 0 Å². The molecule has 9 heteroatoms. The van der Waals surface area contributed by atoms with Crippen LogP contribution in [0.15, 0.2) is 65.2 Å². The molecule has 0 aliphatic carbocycles. The largest absolute Gasteiger partial charge is 0.493 e. The average molecular weight is 490 g/mol. The van der Waals surface area contributed by atoms with Gasteiger partial charge in [-0.2, -0.15) is 5.26 Å². The molecular weight excluding hydrogens is 462 g/mol. The Balaban J connectivity index is 1.77. The Labute approximate surface area is 209 Å². The number of nitrogens with zero attached hydrogens (tertiary/aromatic N) is 2. The fraction of sp³-hybridized carbons (Fsp3) is 0.222. The van der Waals surface area contributed by atoms with E-state index in [2.05, 4.69) is 17.1 Å². The lowest BCUT2D eigenvalue weighted by atomic mass is 10.0.